The molecule has 2 aliphatic rings. The first kappa shape index (κ1) is 31.5. The van der Waals surface area contributed by atoms with Crippen molar-refractivity contribution in [3.05, 3.63) is 102 Å². The molecule has 0 radical (unpaired) electrons. The Morgan fingerprint density at radius 1 is 1.02 bits per heavy atom. The van der Waals surface area contributed by atoms with Gasteiger partial charge in [-0.1, -0.05) is 64.3 Å². The van der Waals surface area contributed by atoms with Gasteiger partial charge in [-0.3, -0.25) is 0 Å². The zero-order chi connectivity index (χ0) is 31.3. The molecule has 0 bridgehead atoms. The molecular formula is C36H42N2O5S. The maximum Gasteiger partial charge on any atom is 0.209 e. The molecule has 0 fully saturated rings. The van der Waals surface area contributed by atoms with Crippen molar-refractivity contribution in [3.8, 4) is 11.5 Å². The first-order chi connectivity index (χ1) is 21.1. The number of ether oxygens (including phenoxy) is 1. The Hall–Kier alpha value is -3.88. The van der Waals surface area contributed by atoms with Crippen molar-refractivity contribution in [1.29, 1.82) is 0 Å². The number of allylic oxidation sites excluding steroid dienone is 4. The molecule has 3 aromatic rings. The molecule has 3 aromatic carbocycles. The summed E-state index contributed by atoms with van der Waals surface area (Å²) < 4.78 is 43.8. The maximum atomic E-state index is 11.9. The Balaban J connectivity index is 1.40. The zero-order valence-electron chi connectivity index (χ0n) is 25.8. The van der Waals surface area contributed by atoms with Crippen molar-refractivity contribution in [2.24, 2.45) is 0 Å². The van der Waals surface area contributed by atoms with Crippen LogP contribution in [0.15, 0.2) is 95.6 Å². The standard InChI is InChI=1S/C36H42N2O5S/c1-4-5-6-9-22-38-34-21-20-31(44(40,41)42)26-32(34)36(2,3)35(38)15-10-13-28-25-27-12-7-8-14-33(27)37(28)23-11-24-43-30-18-16-29(39)17-19-30/h7-8,10,12-21,26H,4-6,9,11,22-25H2,1-3H3,(H-,39,40,41,42). The Labute approximate surface area is 261 Å². The summed E-state index contributed by atoms with van der Waals surface area (Å²) in [4.78, 5) is 2.11. The highest BCUT2D eigenvalue weighted by Gasteiger charge is 2.40. The van der Waals surface area contributed by atoms with Gasteiger partial charge < -0.3 is 19.3 Å². The fraction of sp³-hybridized carbons (Fsp3) is 0.361. The van der Waals surface area contributed by atoms with Gasteiger partial charge in [-0.25, -0.2) is 8.42 Å². The van der Waals surface area contributed by atoms with E-state index in [4.69, 9.17) is 4.74 Å². The van der Waals surface area contributed by atoms with Gasteiger partial charge in [-0.2, -0.15) is 4.58 Å². The van der Waals surface area contributed by atoms with Crippen molar-refractivity contribution < 1.29 is 27.4 Å². The lowest BCUT2D eigenvalue weighted by molar-refractivity contribution is -0.437. The number of anilines is 1. The van der Waals surface area contributed by atoms with E-state index in [9.17, 15) is 18.1 Å². The number of phenols is 1. The molecule has 2 heterocycles. The molecule has 0 aliphatic carbocycles. The largest absolute Gasteiger partial charge is 0.744 e. The molecule has 7 nitrogen and oxygen atoms in total. The third-order valence-electron chi connectivity index (χ3n) is 8.56. The van der Waals surface area contributed by atoms with Crippen LogP contribution in [0, 0.1) is 0 Å². The highest BCUT2D eigenvalue weighted by atomic mass is 32.2. The van der Waals surface area contributed by atoms with E-state index in [-0.39, 0.29) is 10.6 Å². The molecule has 8 heteroatoms. The highest BCUT2D eigenvalue weighted by molar-refractivity contribution is 7.85. The fourth-order valence-corrected chi connectivity index (χ4v) is 6.73. The highest BCUT2D eigenvalue weighted by Crippen LogP contribution is 2.48. The zero-order valence-corrected chi connectivity index (χ0v) is 26.6. The van der Waals surface area contributed by atoms with Crippen LogP contribution in [0.25, 0.3) is 0 Å². The van der Waals surface area contributed by atoms with Gasteiger partial charge in [0.1, 0.15) is 21.6 Å². The summed E-state index contributed by atoms with van der Waals surface area (Å²) in [6, 6.07) is 20.0. The molecule has 0 amide bonds. The molecule has 2 aliphatic heterocycles. The topological polar surface area (TPSA) is 92.9 Å². The van der Waals surface area contributed by atoms with E-state index in [0.717, 1.165) is 67.9 Å². The van der Waals surface area contributed by atoms with Crippen LogP contribution < -0.4 is 9.64 Å². The third-order valence-corrected chi connectivity index (χ3v) is 9.39. The Morgan fingerprint density at radius 2 is 1.80 bits per heavy atom. The summed E-state index contributed by atoms with van der Waals surface area (Å²) in [5.41, 5.74) is 6.15. The molecule has 0 unspecified atom stereocenters. The summed E-state index contributed by atoms with van der Waals surface area (Å²) in [6.45, 7) is 8.58. The average Bonchev–Trinajstić information content (AvgIpc) is 3.45. The molecule has 0 spiro atoms. The molecule has 0 aromatic heterocycles. The minimum atomic E-state index is -4.55. The van der Waals surface area contributed by atoms with Gasteiger partial charge in [0, 0.05) is 47.5 Å². The molecule has 0 saturated heterocycles. The molecule has 1 N–H and O–H groups in total. The van der Waals surface area contributed by atoms with E-state index in [1.807, 2.05) is 0 Å². The second kappa shape index (κ2) is 13.4. The van der Waals surface area contributed by atoms with Gasteiger partial charge >= 0.3 is 0 Å². The maximum absolute atomic E-state index is 11.9. The second-order valence-corrected chi connectivity index (χ2v) is 13.4. The van der Waals surface area contributed by atoms with Gasteiger partial charge in [-0.05, 0) is 60.5 Å². The Morgan fingerprint density at radius 3 is 2.55 bits per heavy atom. The number of fused-ring (bicyclic) bond motifs is 2. The number of phenolic OH excluding ortho intramolecular Hbond substituents is 1. The summed E-state index contributed by atoms with van der Waals surface area (Å²) in [6.07, 6.45) is 12.6. The normalized spacial score (nSPS) is 16.6. The predicted molar refractivity (Wildman–Crippen MR) is 174 cm³/mol. The summed E-state index contributed by atoms with van der Waals surface area (Å²) >= 11 is 0. The van der Waals surface area contributed by atoms with Crippen LogP contribution in [-0.4, -0.2) is 48.1 Å². The molecule has 44 heavy (non-hydrogen) atoms. The van der Waals surface area contributed by atoms with Gasteiger partial charge in [-0.15, -0.1) is 0 Å². The van der Waals surface area contributed by atoms with Crippen LogP contribution in [0.1, 0.15) is 64.0 Å². The van der Waals surface area contributed by atoms with Gasteiger partial charge in [0.05, 0.1) is 17.9 Å². The smallest absolute Gasteiger partial charge is 0.209 e. The third kappa shape index (κ3) is 6.92. The van der Waals surface area contributed by atoms with Gasteiger partial charge in [0.25, 0.3) is 0 Å². The number of para-hydroxylation sites is 1. The lowest BCUT2D eigenvalue weighted by Crippen LogP contribution is -2.27. The number of unbranched alkanes of at least 4 members (excludes halogenated alkanes) is 3. The van der Waals surface area contributed by atoms with Gasteiger partial charge in [0.15, 0.2) is 12.3 Å². The first-order valence-corrected chi connectivity index (χ1v) is 16.9. The number of aromatic hydroxyl groups is 1. The van der Waals surface area contributed by atoms with Crippen molar-refractivity contribution in [2.45, 2.75) is 69.6 Å². The van der Waals surface area contributed by atoms with Crippen LogP contribution in [-0.2, 0) is 22.0 Å². The van der Waals surface area contributed by atoms with Crippen molar-refractivity contribution in [2.75, 3.05) is 24.6 Å². The minimum absolute atomic E-state index is 0.184. The van der Waals surface area contributed by atoms with E-state index >= 15 is 0 Å². The van der Waals surface area contributed by atoms with Crippen LogP contribution in [0.2, 0.25) is 0 Å². The molecular weight excluding hydrogens is 572 g/mol. The summed E-state index contributed by atoms with van der Waals surface area (Å²) in [5.74, 6) is 0.955. The molecule has 5 rings (SSSR count). The molecule has 0 atom stereocenters. The lowest BCUT2D eigenvalue weighted by atomic mass is 9.83. The molecule has 232 valence electrons. The van der Waals surface area contributed by atoms with E-state index in [2.05, 4.69) is 72.7 Å². The lowest BCUT2D eigenvalue weighted by Gasteiger charge is -2.27. The molecule has 0 saturated carbocycles. The number of hydrogen-bond acceptors (Lipinski definition) is 6. The van der Waals surface area contributed by atoms with Crippen molar-refractivity contribution in [3.63, 3.8) is 0 Å². The SMILES string of the molecule is CCCCCCN1/C(=C/C=C/C2=[N+](CCCOc3ccc(O)cc3)c3ccccc3C2)C(C)(C)c2cc(S(=O)(=O)[O-])ccc21. The van der Waals surface area contributed by atoms with Crippen LogP contribution in [0.3, 0.4) is 0 Å². The fourth-order valence-electron chi connectivity index (χ4n) is 6.23. The average molecular weight is 615 g/mol. The van der Waals surface area contributed by atoms with Crippen molar-refractivity contribution in [1.82, 2.24) is 0 Å². The Bertz CT molecular complexity index is 1690. The van der Waals surface area contributed by atoms with Gasteiger partial charge in [0.2, 0.25) is 5.69 Å². The van der Waals surface area contributed by atoms with E-state index in [0.29, 0.717) is 6.61 Å². The van der Waals surface area contributed by atoms with Crippen LogP contribution in [0.4, 0.5) is 11.4 Å². The summed E-state index contributed by atoms with van der Waals surface area (Å²) in [5, 5.41) is 9.51. The second-order valence-electron chi connectivity index (χ2n) is 12.0. The monoisotopic (exact) mass is 614 g/mol. The predicted octanol–water partition coefficient (Wildman–Crippen LogP) is 7.22. The minimum Gasteiger partial charge on any atom is -0.744 e. The van der Waals surface area contributed by atoms with Crippen LogP contribution >= 0.6 is 0 Å². The first-order valence-electron chi connectivity index (χ1n) is 15.5. The quantitative estimate of drug-likeness (QED) is 0.124. The number of rotatable bonds is 13. The van der Waals surface area contributed by atoms with E-state index in [1.165, 1.54) is 29.4 Å². The van der Waals surface area contributed by atoms with Crippen LogP contribution in [0.5, 0.6) is 11.5 Å². The number of nitrogens with zero attached hydrogens (tertiary/aromatic N) is 2. The Kier molecular flexibility index (Phi) is 9.61. The summed E-state index contributed by atoms with van der Waals surface area (Å²) in [7, 11) is -4.55. The number of benzene rings is 3. The van der Waals surface area contributed by atoms with Crippen molar-refractivity contribution >= 4 is 27.2 Å². The van der Waals surface area contributed by atoms with E-state index in [1.54, 1.807) is 36.4 Å². The number of hydrogen-bond donors (Lipinski definition) is 1. The van der Waals surface area contributed by atoms with E-state index < -0.39 is 15.5 Å².